The third-order valence-corrected chi connectivity index (χ3v) is 5.03. The van der Waals surface area contributed by atoms with E-state index < -0.39 is 5.60 Å². The van der Waals surface area contributed by atoms with Crippen LogP contribution in [0.1, 0.15) is 47.4 Å². The number of likely N-dealkylation sites (tertiary alicyclic amines) is 1. The topological polar surface area (TPSA) is 99.9 Å². The second-order valence-electron chi connectivity index (χ2n) is 6.89. The SMILES string of the molecule is O=C(c1n[nH]c2c1CCCC2)N1CCCC(O)(Cn2ccnn2)C1. The molecule has 1 unspecified atom stereocenters. The van der Waals surface area contributed by atoms with Crippen molar-refractivity contribution in [3.8, 4) is 0 Å². The second-order valence-corrected chi connectivity index (χ2v) is 6.89. The molecule has 0 radical (unpaired) electrons. The number of rotatable bonds is 3. The highest BCUT2D eigenvalue weighted by atomic mass is 16.3. The Hall–Kier alpha value is -2.22. The molecule has 2 aromatic rings. The van der Waals surface area contributed by atoms with E-state index >= 15 is 0 Å². The number of β-amino-alcohol motifs (C(OH)–C–C–N with tert-alkyl or cyclic N) is 1. The lowest BCUT2D eigenvalue weighted by Gasteiger charge is -2.38. The Kier molecular flexibility index (Phi) is 3.84. The maximum atomic E-state index is 12.9. The minimum Gasteiger partial charge on any atom is -0.386 e. The summed E-state index contributed by atoms with van der Waals surface area (Å²) < 4.78 is 1.62. The van der Waals surface area contributed by atoms with Gasteiger partial charge in [-0.3, -0.25) is 9.89 Å². The number of aromatic nitrogens is 5. The summed E-state index contributed by atoms with van der Waals surface area (Å²) in [4.78, 5) is 14.6. The van der Waals surface area contributed by atoms with Gasteiger partial charge in [-0.1, -0.05) is 5.21 Å². The molecule has 1 amide bonds. The van der Waals surface area contributed by atoms with E-state index in [1.165, 1.54) is 0 Å². The summed E-state index contributed by atoms with van der Waals surface area (Å²) >= 11 is 0. The van der Waals surface area contributed by atoms with Gasteiger partial charge in [0.25, 0.3) is 5.91 Å². The Labute approximate surface area is 139 Å². The molecule has 0 saturated carbocycles. The van der Waals surface area contributed by atoms with Crippen LogP contribution in [0.3, 0.4) is 0 Å². The van der Waals surface area contributed by atoms with E-state index in [1.807, 2.05) is 0 Å². The van der Waals surface area contributed by atoms with Gasteiger partial charge in [-0.2, -0.15) is 5.10 Å². The van der Waals surface area contributed by atoms with Gasteiger partial charge in [0.1, 0.15) is 5.60 Å². The van der Waals surface area contributed by atoms with E-state index in [9.17, 15) is 9.90 Å². The number of aromatic amines is 1. The summed E-state index contributed by atoms with van der Waals surface area (Å²) in [7, 11) is 0. The van der Waals surface area contributed by atoms with Crippen LogP contribution < -0.4 is 0 Å². The Morgan fingerprint density at radius 1 is 1.33 bits per heavy atom. The summed E-state index contributed by atoms with van der Waals surface area (Å²) in [5.74, 6) is -0.0777. The zero-order valence-corrected chi connectivity index (χ0v) is 13.6. The van der Waals surface area contributed by atoms with Gasteiger partial charge < -0.3 is 10.0 Å². The van der Waals surface area contributed by atoms with Crippen molar-refractivity contribution in [1.29, 1.82) is 0 Å². The molecule has 1 fully saturated rings. The molecule has 1 aliphatic heterocycles. The Morgan fingerprint density at radius 3 is 3.04 bits per heavy atom. The fourth-order valence-electron chi connectivity index (χ4n) is 3.84. The third-order valence-electron chi connectivity index (χ3n) is 5.03. The van der Waals surface area contributed by atoms with E-state index in [2.05, 4.69) is 20.5 Å². The lowest BCUT2D eigenvalue weighted by atomic mass is 9.91. The number of H-pyrrole nitrogens is 1. The lowest BCUT2D eigenvalue weighted by molar-refractivity contribution is -0.0389. The molecular weight excluding hydrogens is 308 g/mol. The molecule has 8 nitrogen and oxygen atoms in total. The van der Waals surface area contributed by atoms with E-state index in [-0.39, 0.29) is 5.91 Å². The lowest BCUT2D eigenvalue weighted by Crippen LogP contribution is -2.52. The molecule has 2 N–H and O–H groups in total. The third kappa shape index (κ3) is 2.82. The highest BCUT2D eigenvalue weighted by Gasteiger charge is 2.37. The number of hydrogen-bond donors (Lipinski definition) is 2. The van der Waals surface area contributed by atoms with Crippen LogP contribution in [0.2, 0.25) is 0 Å². The standard InChI is InChI=1S/C16H22N6O2/c23-15(14-12-4-1-2-5-13(12)18-19-14)21-8-3-6-16(24,10-21)11-22-9-7-17-20-22/h7,9,24H,1-6,8,10-11H2,(H,18,19). The second kappa shape index (κ2) is 6.01. The van der Waals surface area contributed by atoms with Gasteiger partial charge in [0.15, 0.2) is 5.69 Å². The van der Waals surface area contributed by atoms with E-state index in [0.29, 0.717) is 31.7 Å². The van der Waals surface area contributed by atoms with Crippen molar-refractivity contribution < 1.29 is 9.90 Å². The molecule has 1 saturated heterocycles. The molecule has 0 spiro atoms. The van der Waals surface area contributed by atoms with E-state index in [0.717, 1.165) is 43.4 Å². The van der Waals surface area contributed by atoms with Crippen molar-refractivity contribution in [3.63, 3.8) is 0 Å². The van der Waals surface area contributed by atoms with Gasteiger partial charge in [0, 0.05) is 24.0 Å². The number of aliphatic hydroxyl groups is 1. The quantitative estimate of drug-likeness (QED) is 0.856. The summed E-state index contributed by atoms with van der Waals surface area (Å²) in [5, 5.41) is 25.9. The maximum absolute atomic E-state index is 12.9. The number of hydrogen-bond acceptors (Lipinski definition) is 5. The minimum absolute atomic E-state index is 0.0777. The number of aryl methyl sites for hydroxylation is 1. The van der Waals surface area contributed by atoms with E-state index in [1.54, 1.807) is 22.0 Å². The molecule has 1 aliphatic carbocycles. The fourth-order valence-corrected chi connectivity index (χ4v) is 3.84. The largest absolute Gasteiger partial charge is 0.386 e. The average Bonchev–Trinajstić information content (AvgIpc) is 3.23. The van der Waals surface area contributed by atoms with Gasteiger partial charge in [0.2, 0.25) is 0 Å². The van der Waals surface area contributed by atoms with Crippen LogP contribution in [0, 0.1) is 0 Å². The summed E-state index contributed by atoms with van der Waals surface area (Å²) in [6.07, 6.45) is 8.84. The molecule has 128 valence electrons. The number of fused-ring (bicyclic) bond motifs is 1. The molecule has 1 atom stereocenters. The Bertz CT molecular complexity index is 725. The molecule has 2 aliphatic rings. The number of amides is 1. The van der Waals surface area contributed by atoms with Crippen molar-refractivity contribution in [2.45, 2.75) is 50.7 Å². The highest BCUT2D eigenvalue weighted by molar-refractivity contribution is 5.94. The molecule has 8 heteroatoms. The molecular formula is C16H22N6O2. The molecule has 2 aromatic heterocycles. The number of nitrogens with zero attached hydrogens (tertiary/aromatic N) is 5. The van der Waals surface area contributed by atoms with Crippen LogP contribution in [0.15, 0.2) is 12.4 Å². The Balaban J connectivity index is 1.51. The van der Waals surface area contributed by atoms with Crippen LogP contribution in [0.4, 0.5) is 0 Å². The predicted molar refractivity (Wildman–Crippen MR) is 85.3 cm³/mol. The first-order valence-electron chi connectivity index (χ1n) is 8.56. The molecule has 4 rings (SSSR count). The first-order valence-corrected chi connectivity index (χ1v) is 8.56. The maximum Gasteiger partial charge on any atom is 0.274 e. The number of carbonyl (C=O) groups is 1. The monoisotopic (exact) mass is 330 g/mol. The van der Waals surface area contributed by atoms with Crippen molar-refractivity contribution in [2.75, 3.05) is 13.1 Å². The fraction of sp³-hybridized carbons (Fsp3) is 0.625. The predicted octanol–water partition coefficient (Wildman–Crippen LogP) is 0.547. The van der Waals surface area contributed by atoms with Crippen molar-refractivity contribution in [2.24, 2.45) is 0 Å². The van der Waals surface area contributed by atoms with Gasteiger partial charge in [-0.05, 0) is 38.5 Å². The molecule has 24 heavy (non-hydrogen) atoms. The normalized spacial score (nSPS) is 24.0. The smallest absolute Gasteiger partial charge is 0.274 e. The first-order chi connectivity index (χ1) is 11.6. The zero-order valence-electron chi connectivity index (χ0n) is 13.6. The van der Waals surface area contributed by atoms with Gasteiger partial charge in [-0.15, -0.1) is 5.10 Å². The summed E-state index contributed by atoms with van der Waals surface area (Å²) in [5.41, 5.74) is 1.73. The number of piperidine rings is 1. The summed E-state index contributed by atoms with van der Waals surface area (Å²) in [6, 6.07) is 0. The van der Waals surface area contributed by atoms with Gasteiger partial charge in [0.05, 0.1) is 19.3 Å². The van der Waals surface area contributed by atoms with Gasteiger partial charge >= 0.3 is 0 Å². The zero-order chi connectivity index (χ0) is 16.6. The van der Waals surface area contributed by atoms with Crippen LogP contribution >= 0.6 is 0 Å². The van der Waals surface area contributed by atoms with Crippen LogP contribution in [0.25, 0.3) is 0 Å². The molecule has 3 heterocycles. The van der Waals surface area contributed by atoms with Crippen molar-refractivity contribution >= 4 is 5.91 Å². The molecule has 0 aromatic carbocycles. The van der Waals surface area contributed by atoms with Crippen molar-refractivity contribution in [1.82, 2.24) is 30.1 Å². The van der Waals surface area contributed by atoms with E-state index in [4.69, 9.17) is 0 Å². The first kappa shape index (κ1) is 15.3. The van der Waals surface area contributed by atoms with Crippen LogP contribution in [-0.4, -0.2) is 59.8 Å². The number of nitrogens with one attached hydrogen (secondary N) is 1. The average molecular weight is 330 g/mol. The Morgan fingerprint density at radius 2 is 2.21 bits per heavy atom. The number of carbonyl (C=O) groups excluding carboxylic acids is 1. The summed E-state index contributed by atoms with van der Waals surface area (Å²) in [6.45, 7) is 1.29. The van der Waals surface area contributed by atoms with Crippen molar-refractivity contribution in [3.05, 3.63) is 29.3 Å². The highest BCUT2D eigenvalue weighted by Crippen LogP contribution is 2.27. The van der Waals surface area contributed by atoms with Crippen LogP contribution in [0.5, 0.6) is 0 Å². The van der Waals surface area contributed by atoms with Crippen LogP contribution in [-0.2, 0) is 19.4 Å². The minimum atomic E-state index is -0.974. The molecule has 0 bridgehead atoms. The van der Waals surface area contributed by atoms with Gasteiger partial charge in [-0.25, -0.2) is 4.68 Å².